The van der Waals surface area contributed by atoms with E-state index in [4.69, 9.17) is 11.6 Å². The third kappa shape index (κ3) is 3.01. The summed E-state index contributed by atoms with van der Waals surface area (Å²) in [6.07, 6.45) is 2.97. The first kappa shape index (κ1) is 12.9. The van der Waals surface area contributed by atoms with E-state index in [1.807, 2.05) is 17.7 Å². The normalized spacial score (nSPS) is 10.7. The molecule has 0 aliphatic heterocycles. The highest BCUT2D eigenvalue weighted by Crippen LogP contribution is 2.22. The second-order valence-electron chi connectivity index (χ2n) is 4.18. The summed E-state index contributed by atoms with van der Waals surface area (Å²) in [4.78, 5) is 4.37. The van der Waals surface area contributed by atoms with E-state index in [-0.39, 0.29) is 5.82 Å². The van der Waals surface area contributed by atoms with Gasteiger partial charge in [0.05, 0.1) is 5.69 Å². The molecule has 0 aliphatic rings. The molecule has 2 rings (SSSR count). The van der Waals surface area contributed by atoms with E-state index in [1.54, 1.807) is 6.07 Å². The van der Waals surface area contributed by atoms with Gasteiger partial charge in [-0.3, -0.25) is 0 Å². The largest absolute Gasteiger partial charge is 0.325 e. The van der Waals surface area contributed by atoms with Gasteiger partial charge in [-0.2, -0.15) is 0 Å². The fourth-order valence-corrected chi connectivity index (χ4v) is 2.03. The summed E-state index contributed by atoms with van der Waals surface area (Å²) < 4.78 is 15.2. The summed E-state index contributed by atoms with van der Waals surface area (Å²) >= 11 is 5.82. The quantitative estimate of drug-likeness (QED) is 0.902. The lowest BCUT2D eigenvalue weighted by atomic mass is 10.3. The molecule has 0 unspecified atom stereocenters. The van der Waals surface area contributed by atoms with Gasteiger partial charge in [-0.1, -0.05) is 18.5 Å². The summed E-state index contributed by atoms with van der Waals surface area (Å²) in [6, 6.07) is 4.34. The first-order valence-corrected chi connectivity index (χ1v) is 6.23. The van der Waals surface area contributed by atoms with Crippen LogP contribution in [-0.2, 0) is 6.54 Å². The highest BCUT2D eigenvalue weighted by Gasteiger charge is 2.06. The Balaban J connectivity index is 2.27. The van der Waals surface area contributed by atoms with Crippen LogP contribution in [0, 0.1) is 12.7 Å². The molecule has 0 spiro atoms. The molecule has 0 fully saturated rings. The molecule has 0 radical (unpaired) electrons. The van der Waals surface area contributed by atoms with Crippen LogP contribution in [0.25, 0.3) is 0 Å². The van der Waals surface area contributed by atoms with Crippen LogP contribution in [0.3, 0.4) is 0 Å². The molecule has 0 amide bonds. The Labute approximate surface area is 111 Å². The van der Waals surface area contributed by atoms with Gasteiger partial charge in [0.15, 0.2) is 0 Å². The van der Waals surface area contributed by atoms with Crippen molar-refractivity contribution < 1.29 is 4.39 Å². The minimum atomic E-state index is -0.365. The van der Waals surface area contributed by atoms with Crippen molar-refractivity contribution in [2.24, 2.45) is 0 Å². The first-order valence-electron chi connectivity index (χ1n) is 5.85. The predicted molar refractivity (Wildman–Crippen MR) is 71.9 cm³/mol. The number of anilines is 2. The highest BCUT2D eigenvalue weighted by molar-refractivity contribution is 6.30. The van der Waals surface area contributed by atoms with Crippen molar-refractivity contribution in [3.8, 4) is 0 Å². The minimum Gasteiger partial charge on any atom is -0.325 e. The molecule has 0 bridgehead atoms. The van der Waals surface area contributed by atoms with E-state index in [2.05, 4.69) is 17.2 Å². The smallest absolute Gasteiger partial charge is 0.207 e. The summed E-state index contributed by atoms with van der Waals surface area (Å²) in [6.45, 7) is 4.89. The number of halogens is 2. The van der Waals surface area contributed by atoms with Crippen LogP contribution >= 0.6 is 11.6 Å². The van der Waals surface area contributed by atoms with Crippen LogP contribution in [0.1, 0.15) is 19.0 Å². The monoisotopic (exact) mass is 267 g/mol. The molecule has 3 nitrogen and oxygen atoms in total. The molecule has 0 saturated heterocycles. The van der Waals surface area contributed by atoms with Gasteiger partial charge in [0.25, 0.3) is 0 Å². The van der Waals surface area contributed by atoms with Gasteiger partial charge in [-0.05, 0) is 31.5 Å². The fourth-order valence-electron chi connectivity index (χ4n) is 1.81. The number of hydrogen-bond acceptors (Lipinski definition) is 2. The van der Waals surface area contributed by atoms with Gasteiger partial charge < -0.3 is 9.88 Å². The van der Waals surface area contributed by atoms with Crippen molar-refractivity contribution in [1.82, 2.24) is 9.55 Å². The summed E-state index contributed by atoms with van der Waals surface area (Å²) in [5.74, 6) is 0.339. The molecular weight excluding hydrogens is 253 g/mol. The Hall–Kier alpha value is -1.55. The van der Waals surface area contributed by atoms with Crippen molar-refractivity contribution in [2.75, 3.05) is 5.32 Å². The van der Waals surface area contributed by atoms with Crippen molar-refractivity contribution >= 4 is 23.2 Å². The zero-order chi connectivity index (χ0) is 13.1. The standard InChI is InChI=1S/C13H15ClFN3/c1-3-4-18-8-9(2)16-13(18)17-12-6-10(14)5-11(15)7-12/h5-8H,3-4H2,1-2H3,(H,16,17). The van der Waals surface area contributed by atoms with Gasteiger partial charge in [0.2, 0.25) is 5.95 Å². The van der Waals surface area contributed by atoms with Crippen molar-refractivity contribution in [3.63, 3.8) is 0 Å². The molecule has 5 heteroatoms. The fraction of sp³-hybridized carbons (Fsp3) is 0.308. The van der Waals surface area contributed by atoms with Crippen LogP contribution in [0.15, 0.2) is 24.4 Å². The van der Waals surface area contributed by atoms with Gasteiger partial charge in [-0.25, -0.2) is 9.37 Å². The van der Waals surface area contributed by atoms with Crippen LogP contribution in [-0.4, -0.2) is 9.55 Å². The molecule has 2 aromatic rings. The molecule has 0 atom stereocenters. The maximum atomic E-state index is 13.2. The molecule has 18 heavy (non-hydrogen) atoms. The van der Waals surface area contributed by atoms with E-state index in [0.29, 0.717) is 16.7 Å². The molecule has 0 saturated carbocycles. The summed E-state index contributed by atoms with van der Waals surface area (Å²) in [5.41, 5.74) is 1.52. The number of hydrogen-bond donors (Lipinski definition) is 1. The third-order valence-corrected chi connectivity index (χ3v) is 2.70. The number of benzene rings is 1. The average Bonchev–Trinajstić information content (AvgIpc) is 2.58. The topological polar surface area (TPSA) is 29.9 Å². The Kier molecular flexibility index (Phi) is 3.87. The molecule has 1 N–H and O–H groups in total. The Bertz CT molecular complexity index is 531. The lowest BCUT2D eigenvalue weighted by molar-refractivity contribution is 0.628. The van der Waals surface area contributed by atoms with Gasteiger partial charge in [0.1, 0.15) is 5.82 Å². The van der Waals surface area contributed by atoms with E-state index in [9.17, 15) is 4.39 Å². The second kappa shape index (κ2) is 5.40. The Morgan fingerprint density at radius 3 is 2.83 bits per heavy atom. The molecule has 0 aliphatic carbocycles. The minimum absolute atomic E-state index is 0.364. The maximum Gasteiger partial charge on any atom is 0.207 e. The van der Waals surface area contributed by atoms with Crippen LogP contribution < -0.4 is 5.32 Å². The van der Waals surface area contributed by atoms with E-state index in [0.717, 1.165) is 18.7 Å². The SMILES string of the molecule is CCCn1cc(C)nc1Nc1cc(F)cc(Cl)c1. The maximum absolute atomic E-state index is 13.2. The Morgan fingerprint density at radius 2 is 2.17 bits per heavy atom. The van der Waals surface area contributed by atoms with Crippen molar-refractivity contribution in [3.05, 3.63) is 40.9 Å². The third-order valence-electron chi connectivity index (χ3n) is 2.48. The number of imidazole rings is 1. The van der Waals surface area contributed by atoms with Crippen molar-refractivity contribution in [1.29, 1.82) is 0 Å². The van der Waals surface area contributed by atoms with E-state index >= 15 is 0 Å². The van der Waals surface area contributed by atoms with E-state index in [1.165, 1.54) is 12.1 Å². The average molecular weight is 268 g/mol. The highest BCUT2D eigenvalue weighted by atomic mass is 35.5. The Morgan fingerprint density at radius 1 is 1.39 bits per heavy atom. The number of nitrogens with one attached hydrogen (secondary N) is 1. The summed E-state index contributed by atoms with van der Waals surface area (Å²) in [7, 11) is 0. The molecule has 1 aromatic heterocycles. The van der Waals surface area contributed by atoms with Gasteiger partial charge in [-0.15, -0.1) is 0 Å². The lowest BCUT2D eigenvalue weighted by Crippen LogP contribution is -2.02. The summed E-state index contributed by atoms with van der Waals surface area (Å²) in [5, 5.41) is 3.45. The van der Waals surface area contributed by atoms with Crippen LogP contribution in [0.2, 0.25) is 5.02 Å². The van der Waals surface area contributed by atoms with Gasteiger partial charge in [0, 0.05) is 23.5 Å². The number of nitrogens with zero attached hydrogens (tertiary/aromatic N) is 2. The van der Waals surface area contributed by atoms with Crippen molar-refractivity contribution in [2.45, 2.75) is 26.8 Å². The van der Waals surface area contributed by atoms with Crippen LogP contribution in [0.4, 0.5) is 16.0 Å². The van der Waals surface area contributed by atoms with Gasteiger partial charge >= 0.3 is 0 Å². The second-order valence-corrected chi connectivity index (χ2v) is 4.62. The molecule has 1 aromatic carbocycles. The van der Waals surface area contributed by atoms with E-state index < -0.39 is 0 Å². The predicted octanol–water partition coefficient (Wildman–Crippen LogP) is 4.14. The molecule has 96 valence electrons. The molecule has 1 heterocycles. The van der Waals surface area contributed by atoms with Crippen LogP contribution in [0.5, 0.6) is 0 Å². The zero-order valence-electron chi connectivity index (χ0n) is 10.4. The number of aryl methyl sites for hydroxylation is 2. The molecular formula is C13H15ClFN3. The number of aromatic nitrogens is 2. The zero-order valence-corrected chi connectivity index (χ0v) is 11.1. The lowest BCUT2D eigenvalue weighted by Gasteiger charge is -2.09. The first-order chi connectivity index (χ1) is 8.58. The number of rotatable bonds is 4.